The topological polar surface area (TPSA) is 90.4 Å². The molecule has 1 spiro atoms. The Bertz CT molecular complexity index is 1320. The zero-order valence-corrected chi connectivity index (χ0v) is 24.5. The summed E-state index contributed by atoms with van der Waals surface area (Å²) in [6, 6.07) is 15.8. The van der Waals surface area contributed by atoms with Crippen molar-refractivity contribution in [3.05, 3.63) is 90.5 Å². The van der Waals surface area contributed by atoms with Crippen LogP contribution in [0, 0.1) is 11.8 Å². The Morgan fingerprint density at radius 3 is 2.43 bits per heavy atom. The Morgan fingerprint density at radius 1 is 1.05 bits per heavy atom. The molecule has 0 saturated carbocycles. The number of ether oxygens (including phenoxy) is 1. The highest BCUT2D eigenvalue weighted by molar-refractivity contribution is 6.30. The number of likely N-dealkylation sites (tertiary alicyclic amines) is 1. The van der Waals surface area contributed by atoms with Crippen molar-refractivity contribution in [1.82, 2.24) is 9.80 Å². The first-order valence-electron chi connectivity index (χ1n) is 14.6. The van der Waals surface area contributed by atoms with Crippen molar-refractivity contribution in [2.45, 2.75) is 50.0 Å². The lowest BCUT2D eigenvalue weighted by Crippen LogP contribution is -2.56. The number of nitrogens with zero attached hydrogens (tertiary/aromatic N) is 3. The van der Waals surface area contributed by atoms with Gasteiger partial charge in [0.2, 0.25) is 11.8 Å². The minimum Gasteiger partial charge on any atom is -0.396 e. The van der Waals surface area contributed by atoms with Crippen LogP contribution in [-0.4, -0.2) is 76.6 Å². The number of fused-ring (bicyclic) bond motifs is 1. The van der Waals surface area contributed by atoms with Crippen LogP contribution >= 0.6 is 11.6 Å². The molecule has 2 bridgehead atoms. The SMILES string of the molecule is C=CCN(Cc1ccccc1)C(=O)[C@@H]1[C@H]2C(=O)N(CCCCO)C(C(=O)N(CC=C)c3ccc(Cl)cc3)C23CC[C@H]1O3. The molecule has 3 aliphatic heterocycles. The third-order valence-corrected chi connectivity index (χ3v) is 8.97. The molecule has 42 heavy (non-hydrogen) atoms. The summed E-state index contributed by atoms with van der Waals surface area (Å²) in [4.78, 5) is 47.9. The summed E-state index contributed by atoms with van der Waals surface area (Å²) >= 11 is 6.12. The van der Waals surface area contributed by atoms with Crippen LogP contribution in [-0.2, 0) is 25.7 Å². The number of aliphatic hydroxyl groups is 1. The summed E-state index contributed by atoms with van der Waals surface area (Å²) in [6.07, 6.45) is 4.99. The summed E-state index contributed by atoms with van der Waals surface area (Å²) in [6.45, 7) is 8.91. The number of carbonyl (C=O) groups is 3. The number of unbranched alkanes of at least 4 members (excludes halogenated alkanes) is 1. The number of benzene rings is 2. The summed E-state index contributed by atoms with van der Waals surface area (Å²) in [5.41, 5.74) is 0.495. The van der Waals surface area contributed by atoms with Gasteiger partial charge >= 0.3 is 0 Å². The summed E-state index contributed by atoms with van der Waals surface area (Å²) in [5.74, 6) is -2.15. The predicted molar refractivity (Wildman–Crippen MR) is 162 cm³/mol. The number of halogens is 1. The Labute approximate surface area is 252 Å². The third-order valence-electron chi connectivity index (χ3n) is 8.72. The summed E-state index contributed by atoms with van der Waals surface area (Å²) in [7, 11) is 0. The normalized spacial score (nSPS) is 25.8. The van der Waals surface area contributed by atoms with Crippen molar-refractivity contribution in [3.8, 4) is 0 Å². The molecule has 0 aliphatic carbocycles. The van der Waals surface area contributed by atoms with E-state index in [1.54, 1.807) is 51.1 Å². The second kappa shape index (κ2) is 12.8. The van der Waals surface area contributed by atoms with Gasteiger partial charge in [0.15, 0.2) is 0 Å². The van der Waals surface area contributed by atoms with Gasteiger partial charge in [0.05, 0.1) is 17.9 Å². The van der Waals surface area contributed by atoms with Crippen LogP contribution in [0.3, 0.4) is 0 Å². The summed E-state index contributed by atoms with van der Waals surface area (Å²) in [5, 5.41) is 9.98. The monoisotopic (exact) mass is 591 g/mol. The molecule has 8 nitrogen and oxygen atoms in total. The fourth-order valence-electron chi connectivity index (χ4n) is 6.97. The van der Waals surface area contributed by atoms with Crippen LogP contribution in [0.1, 0.15) is 31.2 Å². The van der Waals surface area contributed by atoms with E-state index in [0.717, 1.165) is 5.56 Å². The van der Waals surface area contributed by atoms with E-state index in [1.165, 1.54) is 0 Å². The molecule has 3 amide bonds. The molecule has 9 heteroatoms. The predicted octanol–water partition coefficient (Wildman–Crippen LogP) is 4.22. The minimum atomic E-state index is -1.11. The Kier molecular flexibility index (Phi) is 9.16. The van der Waals surface area contributed by atoms with Crippen molar-refractivity contribution in [2.24, 2.45) is 11.8 Å². The molecule has 3 heterocycles. The largest absolute Gasteiger partial charge is 0.396 e. The second-order valence-corrected chi connectivity index (χ2v) is 11.7. The van der Waals surface area contributed by atoms with E-state index < -0.39 is 29.6 Å². The van der Waals surface area contributed by atoms with Gasteiger partial charge in [-0.15, -0.1) is 13.2 Å². The molecular weight excluding hydrogens is 554 g/mol. The maximum absolute atomic E-state index is 14.5. The smallest absolute Gasteiger partial charge is 0.253 e. The van der Waals surface area contributed by atoms with Crippen LogP contribution in [0.25, 0.3) is 0 Å². The first-order chi connectivity index (χ1) is 20.4. The van der Waals surface area contributed by atoms with E-state index >= 15 is 0 Å². The lowest BCUT2D eigenvalue weighted by atomic mass is 9.70. The van der Waals surface area contributed by atoms with Gasteiger partial charge in [-0.25, -0.2) is 0 Å². The Morgan fingerprint density at radius 2 is 1.76 bits per heavy atom. The molecule has 0 aromatic heterocycles. The molecule has 3 saturated heterocycles. The Hall–Kier alpha value is -3.46. The lowest BCUT2D eigenvalue weighted by molar-refractivity contribution is -0.145. The molecule has 2 aromatic carbocycles. The van der Waals surface area contributed by atoms with Gasteiger partial charge in [-0.3, -0.25) is 14.4 Å². The maximum Gasteiger partial charge on any atom is 0.253 e. The number of amides is 3. The first-order valence-corrected chi connectivity index (χ1v) is 14.9. The van der Waals surface area contributed by atoms with E-state index in [4.69, 9.17) is 16.3 Å². The van der Waals surface area contributed by atoms with Crippen molar-refractivity contribution < 1.29 is 24.2 Å². The number of rotatable bonds is 13. The molecule has 222 valence electrons. The highest BCUT2D eigenvalue weighted by atomic mass is 35.5. The van der Waals surface area contributed by atoms with Crippen LogP contribution in [0.5, 0.6) is 0 Å². The van der Waals surface area contributed by atoms with Crippen LogP contribution < -0.4 is 4.90 Å². The zero-order chi connectivity index (χ0) is 29.9. The number of hydrogen-bond donors (Lipinski definition) is 1. The number of carbonyl (C=O) groups excluding carboxylic acids is 3. The molecule has 0 radical (unpaired) electrons. The van der Waals surface area contributed by atoms with Crippen molar-refractivity contribution in [2.75, 3.05) is 31.1 Å². The summed E-state index contributed by atoms with van der Waals surface area (Å²) < 4.78 is 6.64. The molecule has 1 N–H and O–H groups in total. The van der Waals surface area contributed by atoms with Crippen molar-refractivity contribution >= 4 is 35.0 Å². The Balaban J connectivity index is 1.51. The van der Waals surface area contributed by atoms with Crippen LogP contribution in [0.15, 0.2) is 79.9 Å². The quantitative estimate of drug-likeness (QED) is 0.278. The fourth-order valence-corrected chi connectivity index (χ4v) is 7.10. The van der Waals surface area contributed by atoms with Gasteiger partial charge in [0, 0.05) is 43.5 Å². The fraction of sp³-hybridized carbons (Fsp3) is 0.424. The van der Waals surface area contributed by atoms with E-state index in [1.807, 2.05) is 30.3 Å². The van der Waals surface area contributed by atoms with Gasteiger partial charge in [-0.2, -0.15) is 0 Å². The second-order valence-electron chi connectivity index (χ2n) is 11.2. The van der Waals surface area contributed by atoms with Gasteiger partial charge < -0.3 is 24.5 Å². The van der Waals surface area contributed by atoms with Crippen LogP contribution in [0.2, 0.25) is 5.02 Å². The van der Waals surface area contributed by atoms with E-state index in [2.05, 4.69) is 13.2 Å². The first kappa shape index (κ1) is 30.0. The zero-order valence-electron chi connectivity index (χ0n) is 23.7. The third kappa shape index (κ3) is 5.39. The molecule has 3 aliphatic rings. The van der Waals surface area contributed by atoms with E-state index in [0.29, 0.717) is 49.5 Å². The number of aliphatic hydroxyl groups excluding tert-OH is 1. The lowest BCUT2D eigenvalue weighted by Gasteiger charge is -2.37. The van der Waals surface area contributed by atoms with E-state index in [-0.39, 0.29) is 37.4 Å². The van der Waals surface area contributed by atoms with Crippen LogP contribution in [0.4, 0.5) is 5.69 Å². The van der Waals surface area contributed by atoms with Gasteiger partial charge in [0.1, 0.15) is 11.6 Å². The minimum absolute atomic E-state index is 0.0156. The van der Waals surface area contributed by atoms with Crippen molar-refractivity contribution in [1.29, 1.82) is 0 Å². The number of anilines is 1. The molecule has 2 aromatic rings. The number of hydrogen-bond acceptors (Lipinski definition) is 5. The molecular formula is C33H38ClN3O5. The highest BCUT2D eigenvalue weighted by Gasteiger charge is 2.74. The standard InChI is InChI=1S/C33H38ClN3O5/c1-3-18-35(22-23-10-6-5-7-11-23)30(39)27-26-16-17-33(42-26)28(27)31(40)37(20-8-9-21-38)29(33)32(41)36(19-4-2)25-14-12-24(34)13-15-25/h3-7,10-15,26-29,38H,1-2,8-9,16-22H2/t26-,27+,28+,29?,33?/m1/s1. The maximum atomic E-state index is 14.5. The average molecular weight is 592 g/mol. The van der Waals surface area contributed by atoms with Gasteiger partial charge in [-0.05, 0) is 55.5 Å². The molecule has 3 fully saturated rings. The molecule has 5 rings (SSSR count). The van der Waals surface area contributed by atoms with Gasteiger partial charge in [0.25, 0.3) is 5.91 Å². The average Bonchev–Trinajstić information content (AvgIpc) is 3.64. The van der Waals surface area contributed by atoms with Gasteiger partial charge in [-0.1, -0.05) is 54.1 Å². The molecule has 5 atom stereocenters. The highest BCUT2D eigenvalue weighted by Crippen LogP contribution is 2.59. The molecule has 2 unspecified atom stereocenters. The van der Waals surface area contributed by atoms with Crippen molar-refractivity contribution in [3.63, 3.8) is 0 Å². The van der Waals surface area contributed by atoms with E-state index in [9.17, 15) is 19.5 Å².